The fourth-order valence-corrected chi connectivity index (χ4v) is 9.34. The van der Waals surface area contributed by atoms with Crippen molar-refractivity contribution in [1.82, 2.24) is 4.81 Å². The van der Waals surface area contributed by atoms with Gasteiger partial charge in [-0.05, 0) is 97.4 Å². The lowest BCUT2D eigenvalue weighted by molar-refractivity contribution is -0.238. The van der Waals surface area contributed by atoms with E-state index in [0.717, 1.165) is 61.7 Å². The third kappa shape index (κ3) is 14.8. The van der Waals surface area contributed by atoms with E-state index in [0.29, 0.717) is 46.3 Å². The van der Waals surface area contributed by atoms with Crippen LogP contribution in [0.3, 0.4) is 0 Å². The highest BCUT2D eigenvalue weighted by molar-refractivity contribution is 9.11. The Balaban J connectivity index is 0.000000204. The molecular weight excluding hydrogens is 1020 g/mol. The Morgan fingerprint density at radius 3 is 1.83 bits per heavy atom. The van der Waals surface area contributed by atoms with Gasteiger partial charge >= 0.3 is 19.4 Å². The number of Topliss-reactive ketones (excluding diaryl/α,β-unsaturated/α-hetero) is 2. The monoisotopic (exact) mass is 1060 g/mol. The van der Waals surface area contributed by atoms with Gasteiger partial charge in [-0.1, -0.05) is 108 Å². The summed E-state index contributed by atoms with van der Waals surface area (Å²) in [5, 5.41) is 11.7. The Morgan fingerprint density at radius 2 is 1.37 bits per heavy atom. The number of hydrogen-bond donors (Lipinski definition) is 1. The Kier molecular flexibility index (Phi) is 18.8. The normalized spacial score (nSPS) is 19.1. The maximum absolute atomic E-state index is 12.9. The summed E-state index contributed by atoms with van der Waals surface area (Å²) in [6, 6.07) is 16.9. The molecule has 10 nitrogen and oxygen atoms in total. The van der Waals surface area contributed by atoms with Gasteiger partial charge in [-0.3, -0.25) is 24.0 Å². The van der Waals surface area contributed by atoms with Gasteiger partial charge in [0.15, 0.2) is 5.78 Å². The number of nitrogens with zero attached hydrogens (tertiary/aromatic N) is 1. The third-order valence-electron chi connectivity index (χ3n) is 9.89. The second-order valence-electron chi connectivity index (χ2n) is 15.1. The summed E-state index contributed by atoms with van der Waals surface area (Å²) in [7, 11) is 1.31. The molecule has 1 saturated carbocycles. The molecule has 3 fully saturated rings. The third-order valence-corrected chi connectivity index (χ3v) is 12.4. The lowest BCUT2D eigenvalue weighted by atomic mass is 9.61. The summed E-state index contributed by atoms with van der Waals surface area (Å²) >= 11 is 28.5. The highest BCUT2D eigenvalue weighted by atomic mass is 79.9. The van der Waals surface area contributed by atoms with Gasteiger partial charge in [0.1, 0.15) is 12.0 Å². The molecule has 3 atom stereocenters. The van der Waals surface area contributed by atoms with Gasteiger partial charge in [-0.2, -0.15) is 0 Å². The number of hydrogen-bond acceptors (Lipinski definition) is 9. The molecule has 6 rings (SSSR count). The van der Waals surface area contributed by atoms with Crippen LogP contribution >= 0.6 is 82.6 Å². The van der Waals surface area contributed by atoms with Crippen LogP contribution in [-0.2, 0) is 57.5 Å². The van der Waals surface area contributed by atoms with Gasteiger partial charge in [0.2, 0.25) is 11.8 Å². The summed E-state index contributed by atoms with van der Waals surface area (Å²) in [5.41, 5.74) is 2.81. The Hall–Kier alpha value is -2.52. The fourth-order valence-electron chi connectivity index (χ4n) is 7.09. The number of esters is 2. The summed E-state index contributed by atoms with van der Waals surface area (Å²) in [5.74, 6) is -5.47. The van der Waals surface area contributed by atoms with Crippen molar-refractivity contribution in [2.24, 2.45) is 17.8 Å². The molecule has 1 amide bonds. The quantitative estimate of drug-likeness (QED) is 0.0813. The van der Waals surface area contributed by atoms with Crippen LogP contribution in [-0.4, -0.2) is 71.6 Å². The molecule has 3 aliphatic rings. The molecule has 59 heavy (non-hydrogen) atoms. The molecule has 3 aromatic rings. The predicted octanol–water partition coefficient (Wildman–Crippen LogP) is 9.36. The van der Waals surface area contributed by atoms with Crippen molar-refractivity contribution in [2.75, 3.05) is 0 Å². The standard InChI is InChI=1S/C17H19BBrClO6.C12H11BBrClNO2.C12H12BrClO/c1-17(2)25-15(22)13(16(23)26-17)14(21)10(8-18(3)24)6-9-4-5-11(19)7-12(9)20;14-9-2-1-8(11(15)6-9)5-10-3-4-12(18)16(10)13-7-17;13-10-3-2-9(12(14)7-10)5-8-1-4-11(15)6-8/h4-5,7,10,13,24H,6,8H2,1-3H3;1-2,6-7,10H,3-5H2;2-3,7-8H,1,4-6H2/t2*10-;8-/m000/s1. The lowest BCUT2D eigenvalue weighted by Crippen LogP contribution is -2.50. The molecule has 2 aliphatic heterocycles. The van der Waals surface area contributed by atoms with Gasteiger partial charge in [0, 0.05) is 73.6 Å². The zero-order chi connectivity index (χ0) is 43.6. The molecule has 0 bridgehead atoms. The van der Waals surface area contributed by atoms with E-state index in [1.807, 2.05) is 36.4 Å². The second-order valence-corrected chi connectivity index (χ2v) is 19.1. The average Bonchev–Trinajstić information content (AvgIpc) is 3.71. The molecule has 3 aromatic carbocycles. The van der Waals surface area contributed by atoms with Gasteiger partial charge in [0.05, 0.1) is 0 Å². The maximum atomic E-state index is 12.9. The minimum absolute atomic E-state index is 0.000309. The first-order valence-corrected chi connectivity index (χ1v) is 22.4. The number of cyclic esters (lactones) is 2. The van der Waals surface area contributed by atoms with E-state index >= 15 is 0 Å². The second kappa shape index (κ2) is 22.5. The minimum atomic E-state index is -1.65. The first-order chi connectivity index (χ1) is 27.8. The average molecular weight is 1060 g/mol. The van der Waals surface area contributed by atoms with Gasteiger partial charge in [-0.15, -0.1) is 0 Å². The van der Waals surface area contributed by atoms with E-state index in [1.54, 1.807) is 18.2 Å². The molecule has 1 aliphatic carbocycles. The Bertz CT molecular complexity index is 2040. The number of carbonyl (C=O) groups is 6. The molecule has 2 saturated heterocycles. The van der Waals surface area contributed by atoms with E-state index in [-0.39, 0.29) is 24.7 Å². The van der Waals surface area contributed by atoms with Crippen LogP contribution in [0.1, 0.15) is 62.6 Å². The van der Waals surface area contributed by atoms with Crippen molar-refractivity contribution in [2.45, 2.75) is 90.2 Å². The van der Waals surface area contributed by atoms with Crippen molar-refractivity contribution in [3.8, 4) is 0 Å². The van der Waals surface area contributed by atoms with Crippen molar-refractivity contribution in [3.05, 3.63) is 99.8 Å². The van der Waals surface area contributed by atoms with E-state index in [1.165, 1.54) is 32.9 Å². The smallest absolute Gasteiger partial charge is 0.331 e. The number of ketones is 2. The first kappa shape index (κ1) is 49.1. The fraction of sp³-hybridized carbons (Fsp3) is 0.415. The molecule has 2 heterocycles. The molecule has 0 unspecified atom stereocenters. The number of carbonyl (C=O) groups excluding carboxylic acids is 6. The molecule has 1 radical (unpaired) electrons. The molecule has 0 aromatic heterocycles. The summed E-state index contributed by atoms with van der Waals surface area (Å²) in [6.45, 7) is 3.56. The van der Waals surface area contributed by atoms with E-state index in [2.05, 4.69) is 47.8 Å². The van der Waals surface area contributed by atoms with Crippen LogP contribution in [0, 0.1) is 17.8 Å². The number of rotatable bonds is 12. The van der Waals surface area contributed by atoms with Crippen LogP contribution in [0.15, 0.2) is 68.0 Å². The molecule has 18 heteroatoms. The molecule has 0 spiro atoms. The zero-order valence-corrected chi connectivity index (χ0v) is 39.6. The predicted molar refractivity (Wildman–Crippen MR) is 240 cm³/mol. The van der Waals surface area contributed by atoms with Crippen LogP contribution < -0.4 is 0 Å². The van der Waals surface area contributed by atoms with Crippen molar-refractivity contribution < 1.29 is 43.3 Å². The molecular formula is C41H42B2Br3Cl3NO9. The van der Waals surface area contributed by atoms with Crippen LogP contribution in [0.4, 0.5) is 0 Å². The topological polar surface area (TPSA) is 144 Å². The van der Waals surface area contributed by atoms with Crippen molar-refractivity contribution >= 4 is 133 Å². The van der Waals surface area contributed by atoms with Crippen molar-refractivity contribution in [3.63, 3.8) is 0 Å². The maximum Gasteiger partial charge on any atom is 0.331 e. The Morgan fingerprint density at radius 1 is 0.864 bits per heavy atom. The van der Waals surface area contributed by atoms with E-state index < -0.39 is 42.3 Å². The summed E-state index contributed by atoms with van der Waals surface area (Å²) in [6.07, 6.45) is 6.25. The van der Waals surface area contributed by atoms with Gasteiger partial charge < -0.3 is 24.1 Å². The summed E-state index contributed by atoms with van der Waals surface area (Å²) in [4.78, 5) is 72.0. The van der Waals surface area contributed by atoms with Crippen LogP contribution in [0.2, 0.25) is 28.2 Å². The number of amides is 1. The highest BCUT2D eigenvalue weighted by Crippen LogP contribution is 2.32. The summed E-state index contributed by atoms with van der Waals surface area (Å²) < 4.78 is 12.8. The first-order valence-electron chi connectivity index (χ1n) is 18.9. The minimum Gasteiger partial charge on any atom is -0.451 e. The number of ether oxygens (including phenoxy) is 2. The molecule has 1 N–H and O–H groups in total. The number of benzene rings is 3. The van der Waals surface area contributed by atoms with Crippen molar-refractivity contribution in [1.29, 1.82) is 0 Å². The SMILES string of the molecule is CB(O)C[C@H](Cc1ccc(Br)cc1Cl)C(=O)C1C(=O)OC(C)(C)OC1=O.O=C1CC[C@@H](Cc2ccc(Br)cc2Cl)C1.O=C[B]N1C(=O)CC[C@H]1Cc1ccc(Br)cc1Cl. The van der Waals surface area contributed by atoms with Gasteiger partial charge in [-0.25, -0.2) is 0 Å². The number of halogens is 6. The van der Waals surface area contributed by atoms with Gasteiger partial charge in [0.25, 0.3) is 12.7 Å². The Labute approximate surface area is 385 Å². The van der Waals surface area contributed by atoms with Crippen LogP contribution in [0.5, 0.6) is 0 Å². The van der Waals surface area contributed by atoms with Crippen LogP contribution in [0.25, 0.3) is 0 Å². The highest BCUT2D eigenvalue weighted by Gasteiger charge is 2.49. The lowest BCUT2D eigenvalue weighted by Gasteiger charge is -2.33. The zero-order valence-electron chi connectivity index (χ0n) is 32.5. The van der Waals surface area contributed by atoms with E-state index in [4.69, 9.17) is 44.3 Å². The largest absolute Gasteiger partial charge is 0.451 e. The molecule has 313 valence electrons. The van der Waals surface area contributed by atoms with E-state index in [9.17, 15) is 33.8 Å².